The van der Waals surface area contributed by atoms with Gasteiger partial charge in [0.15, 0.2) is 0 Å². The van der Waals surface area contributed by atoms with E-state index in [1.54, 1.807) is 11.3 Å². The highest BCUT2D eigenvalue weighted by Crippen LogP contribution is 2.29. The van der Waals surface area contributed by atoms with Gasteiger partial charge >= 0.3 is 11.8 Å². The third kappa shape index (κ3) is 5.55. The second-order valence-corrected chi connectivity index (χ2v) is 8.98. The van der Waals surface area contributed by atoms with Gasteiger partial charge in [-0.25, -0.2) is 0 Å². The smallest absolute Gasteiger partial charge is 0.309 e. The van der Waals surface area contributed by atoms with Crippen LogP contribution < -0.4 is 10.6 Å². The highest BCUT2D eigenvalue weighted by atomic mass is 32.1. The second kappa shape index (κ2) is 10.4. The summed E-state index contributed by atoms with van der Waals surface area (Å²) in [6, 6.07) is 4.31. The Morgan fingerprint density at radius 2 is 1.86 bits per heavy atom. The highest BCUT2D eigenvalue weighted by Gasteiger charge is 2.32. The molecule has 1 aromatic heterocycles. The summed E-state index contributed by atoms with van der Waals surface area (Å²) in [4.78, 5) is 31.0. The number of hydrogen-bond donors (Lipinski definition) is 2. The van der Waals surface area contributed by atoms with E-state index in [4.69, 9.17) is 0 Å². The van der Waals surface area contributed by atoms with E-state index in [0.717, 1.165) is 58.4 Å². The van der Waals surface area contributed by atoms with Crippen LogP contribution in [-0.4, -0.2) is 66.4 Å². The predicted octanol–water partition coefficient (Wildman–Crippen LogP) is 2.38. The highest BCUT2D eigenvalue weighted by molar-refractivity contribution is 7.10. The van der Waals surface area contributed by atoms with Crippen LogP contribution in [0.4, 0.5) is 0 Å². The molecule has 2 amide bonds. The van der Waals surface area contributed by atoms with Crippen molar-refractivity contribution in [3.8, 4) is 0 Å². The van der Waals surface area contributed by atoms with Gasteiger partial charge in [0.05, 0.1) is 6.04 Å². The fourth-order valence-corrected chi connectivity index (χ4v) is 5.37. The summed E-state index contributed by atoms with van der Waals surface area (Å²) in [5.74, 6) is -0.994. The van der Waals surface area contributed by atoms with Gasteiger partial charge in [-0.05, 0) is 37.8 Å². The molecule has 156 valence electrons. The molecular weight excluding hydrogens is 372 g/mol. The summed E-state index contributed by atoms with van der Waals surface area (Å²) in [5, 5.41) is 7.98. The average molecular weight is 407 g/mol. The first-order chi connectivity index (χ1) is 13.6. The van der Waals surface area contributed by atoms with Crippen LogP contribution in [0, 0.1) is 0 Å². The molecule has 1 aliphatic carbocycles. The standard InChI is InChI=1S/C21H34N4O2S/c1-3-24-11-13-25(14-12-24)19(18-10-7-15-28-18)16(2)22-20(26)21(27)23-17-8-5-4-6-9-17/h7,10,15-17,19H,3-6,8-9,11-14H2,1-2H3,(H,22,26)(H,23,27)/t16-,19-/m1/s1. The van der Waals surface area contributed by atoms with Crippen LogP contribution in [-0.2, 0) is 9.59 Å². The molecule has 0 bridgehead atoms. The number of carbonyl (C=O) groups excluding carboxylic acids is 2. The lowest BCUT2D eigenvalue weighted by Crippen LogP contribution is -2.54. The Hall–Kier alpha value is -1.44. The number of nitrogens with one attached hydrogen (secondary N) is 2. The molecule has 1 aromatic rings. The lowest BCUT2D eigenvalue weighted by atomic mass is 9.95. The molecule has 3 rings (SSSR count). The molecule has 2 N–H and O–H groups in total. The second-order valence-electron chi connectivity index (χ2n) is 8.00. The van der Waals surface area contributed by atoms with E-state index >= 15 is 0 Å². The number of carbonyl (C=O) groups is 2. The third-order valence-electron chi connectivity index (χ3n) is 6.06. The normalized spacial score (nSPS) is 21.8. The maximum Gasteiger partial charge on any atom is 0.309 e. The van der Waals surface area contributed by atoms with Crippen LogP contribution in [0.15, 0.2) is 17.5 Å². The Labute approximate surface area is 172 Å². The molecule has 7 heteroatoms. The molecule has 6 nitrogen and oxygen atoms in total. The molecule has 2 heterocycles. The van der Waals surface area contributed by atoms with Crippen molar-refractivity contribution in [3.63, 3.8) is 0 Å². The SMILES string of the molecule is CCN1CCN([C@@H](c2cccs2)[C@@H](C)NC(=O)C(=O)NC2CCCCC2)CC1. The minimum absolute atomic E-state index is 0.102. The Bertz CT molecular complexity index is 622. The number of amides is 2. The van der Waals surface area contributed by atoms with Gasteiger partial charge in [-0.1, -0.05) is 32.3 Å². The molecule has 2 atom stereocenters. The number of thiophene rings is 1. The van der Waals surface area contributed by atoms with Crippen LogP contribution in [0.1, 0.15) is 56.9 Å². The van der Waals surface area contributed by atoms with Gasteiger partial charge in [0.1, 0.15) is 0 Å². The minimum atomic E-state index is -0.508. The first kappa shape index (κ1) is 21.3. The van der Waals surface area contributed by atoms with Crippen molar-refractivity contribution >= 4 is 23.2 Å². The van der Waals surface area contributed by atoms with Gasteiger partial charge in [0, 0.05) is 43.1 Å². The molecule has 1 saturated carbocycles. The molecule has 2 aliphatic rings. The number of likely N-dealkylation sites (N-methyl/N-ethyl adjacent to an activating group) is 1. The zero-order valence-electron chi connectivity index (χ0n) is 17.2. The maximum absolute atomic E-state index is 12.5. The van der Waals surface area contributed by atoms with Crippen molar-refractivity contribution in [2.75, 3.05) is 32.7 Å². The summed E-state index contributed by atoms with van der Waals surface area (Å²) >= 11 is 1.72. The van der Waals surface area contributed by atoms with E-state index in [1.807, 2.05) is 6.92 Å². The molecule has 28 heavy (non-hydrogen) atoms. The molecule has 0 unspecified atom stereocenters. The number of rotatable bonds is 6. The van der Waals surface area contributed by atoms with E-state index < -0.39 is 11.8 Å². The van der Waals surface area contributed by atoms with Crippen molar-refractivity contribution < 1.29 is 9.59 Å². The summed E-state index contributed by atoms with van der Waals surface area (Å²) in [6.07, 6.45) is 5.45. The topological polar surface area (TPSA) is 64.7 Å². The average Bonchev–Trinajstić information content (AvgIpc) is 3.23. The third-order valence-corrected chi connectivity index (χ3v) is 7.00. The van der Waals surface area contributed by atoms with E-state index in [1.165, 1.54) is 11.3 Å². The van der Waals surface area contributed by atoms with Crippen molar-refractivity contribution in [3.05, 3.63) is 22.4 Å². The van der Waals surface area contributed by atoms with E-state index in [-0.39, 0.29) is 18.1 Å². The lowest BCUT2D eigenvalue weighted by Gasteiger charge is -2.41. The molecule has 0 spiro atoms. The van der Waals surface area contributed by atoms with Gasteiger partial charge < -0.3 is 15.5 Å². The zero-order chi connectivity index (χ0) is 19.9. The summed E-state index contributed by atoms with van der Waals surface area (Å²) in [6.45, 7) is 9.33. The first-order valence-electron chi connectivity index (χ1n) is 10.7. The number of hydrogen-bond acceptors (Lipinski definition) is 5. The quantitative estimate of drug-likeness (QED) is 0.712. The molecule has 0 aromatic carbocycles. The zero-order valence-corrected chi connectivity index (χ0v) is 18.0. The Balaban J connectivity index is 1.60. The molecular formula is C21H34N4O2S. The van der Waals surface area contributed by atoms with Crippen LogP contribution >= 0.6 is 11.3 Å². The fourth-order valence-electron chi connectivity index (χ4n) is 4.41. The number of piperazine rings is 1. The van der Waals surface area contributed by atoms with Crippen LogP contribution in [0.3, 0.4) is 0 Å². The molecule has 1 aliphatic heterocycles. The fraction of sp³-hybridized carbons (Fsp3) is 0.714. The van der Waals surface area contributed by atoms with Gasteiger partial charge in [-0.15, -0.1) is 11.3 Å². The predicted molar refractivity (Wildman–Crippen MR) is 113 cm³/mol. The lowest BCUT2D eigenvalue weighted by molar-refractivity contribution is -0.140. The summed E-state index contributed by atoms with van der Waals surface area (Å²) in [5.41, 5.74) is 0. The molecule has 1 saturated heterocycles. The van der Waals surface area contributed by atoms with Crippen molar-refractivity contribution in [1.82, 2.24) is 20.4 Å². The summed E-state index contributed by atoms with van der Waals surface area (Å²) < 4.78 is 0. The van der Waals surface area contributed by atoms with Crippen LogP contribution in [0.5, 0.6) is 0 Å². The minimum Gasteiger partial charge on any atom is -0.345 e. The van der Waals surface area contributed by atoms with E-state index in [0.29, 0.717) is 0 Å². The van der Waals surface area contributed by atoms with Gasteiger partial charge in [0.25, 0.3) is 0 Å². The first-order valence-corrected chi connectivity index (χ1v) is 11.6. The van der Waals surface area contributed by atoms with Gasteiger partial charge in [-0.2, -0.15) is 0 Å². The Kier molecular flexibility index (Phi) is 7.88. The van der Waals surface area contributed by atoms with E-state index in [9.17, 15) is 9.59 Å². The van der Waals surface area contributed by atoms with Crippen molar-refractivity contribution in [2.24, 2.45) is 0 Å². The van der Waals surface area contributed by atoms with Gasteiger partial charge in [0.2, 0.25) is 0 Å². The Morgan fingerprint density at radius 3 is 2.46 bits per heavy atom. The van der Waals surface area contributed by atoms with E-state index in [2.05, 4.69) is 44.9 Å². The van der Waals surface area contributed by atoms with Crippen LogP contribution in [0.2, 0.25) is 0 Å². The van der Waals surface area contributed by atoms with Crippen LogP contribution in [0.25, 0.3) is 0 Å². The van der Waals surface area contributed by atoms with Crippen molar-refractivity contribution in [2.45, 2.75) is 64.1 Å². The monoisotopic (exact) mass is 406 g/mol. The van der Waals surface area contributed by atoms with Gasteiger partial charge in [-0.3, -0.25) is 14.5 Å². The summed E-state index contributed by atoms with van der Waals surface area (Å²) in [7, 11) is 0. The maximum atomic E-state index is 12.5. The van der Waals surface area contributed by atoms with Crippen molar-refractivity contribution in [1.29, 1.82) is 0 Å². The largest absolute Gasteiger partial charge is 0.345 e. The Morgan fingerprint density at radius 1 is 1.14 bits per heavy atom. The molecule has 0 radical (unpaired) electrons. The number of nitrogens with zero attached hydrogens (tertiary/aromatic N) is 2. The molecule has 2 fully saturated rings.